The second kappa shape index (κ2) is 4.80. The highest BCUT2D eigenvalue weighted by atomic mass is 16.4. The number of hydrogen-bond donors (Lipinski definition) is 2. The lowest BCUT2D eigenvalue weighted by Crippen LogP contribution is -2.36. The number of anilines is 1. The molecule has 0 radical (unpaired) electrons. The van der Waals surface area contributed by atoms with Crippen LogP contribution in [0.25, 0.3) is 0 Å². The average molecular weight is 251 g/mol. The van der Waals surface area contributed by atoms with Gasteiger partial charge in [0.15, 0.2) is 5.82 Å². The van der Waals surface area contributed by atoms with E-state index in [0.717, 1.165) is 6.42 Å². The molecule has 0 saturated carbocycles. The number of carboxylic acid groups (broad SMARTS) is 1. The van der Waals surface area contributed by atoms with Gasteiger partial charge in [0.1, 0.15) is 0 Å². The molecule has 0 spiro atoms. The molecule has 2 rings (SSSR count). The molecule has 2 N–H and O–H groups in total. The number of H-pyrrole nitrogens is 1. The zero-order valence-corrected chi connectivity index (χ0v) is 10.3. The van der Waals surface area contributed by atoms with Gasteiger partial charge >= 0.3 is 5.97 Å². The minimum absolute atomic E-state index is 0.268. The lowest BCUT2D eigenvalue weighted by atomic mass is 9.83. The number of nitrogens with one attached hydrogen (secondary N) is 1. The molecule has 6 nitrogen and oxygen atoms in total. The second-order valence-corrected chi connectivity index (χ2v) is 4.75. The van der Waals surface area contributed by atoms with Crippen LogP contribution in [-0.4, -0.2) is 34.1 Å². The van der Waals surface area contributed by atoms with Crippen molar-refractivity contribution in [2.45, 2.75) is 26.2 Å². The summed E-state index contributed by atoms with van der Waals surface area (Å²) in [6, 6.07) is 0. The molecular weight excluding hydrogens is 234 g/mol. The molecule has 98 valence electrons. The summed E-state index contributed by atoms with van der Waals surface area (Å²) in [6.07, 6.45) is 4.99. The molecule has 1 atom stereocenters. The molecule has 1 aliphatic heterocycles. The molecule has 2 heterocycles. The Bertz CT molecular complexity index is 499. The van der Waals surface area contributed by atoms with Gasteiger partial charge in [-0.1, -0.05) is 13.3 Å². The number of carbonyl (C=O) groups is 1. The Kier molecular flexibility index (Phi) is 3.36. The molecule has 6 heteroatoms. The van der Waals surface area contributed by atoms with Crippen molar-refractivity contribution in [3.05, 3.63) is 22.7 Å². The van der Waals surface area contributed by atoms with Crippen LogP contribution < -0.4 is 10.5 Å². The van der Waals surface area contributed by atoms with Crippen molar-refractivity contribution in [3.8, 4) is 0 Å². The number of hydrogen-bond acceptors (Lipinski definition) is 4. The van der Waals surface area contributed by atoms with Crippen molar-refractivity contribution in [1.29, 1.82) is 0 Å². The maximum Gasteiger partial charge on any atom is 0.311 e. The van der Waals surface area contributed by atoms with E-state index in [0.29, 0.717) is 31.7 Å². The van der Waals surface area contributed by atoms with Crippen LogP contribution in [0.2, 0.25) is 0 Å². The van der Waals surface area contributed by atoms with Crippen LogP contribution in [-0.2, 0) is 4.79 Å². The number of aromatic amines is 1. The van der Waals surface area contributed by atoms with Crippen molar-refractivity contribution in [2.24, 2.45) is 5.41 Å². The summed E-state index contributed by atoms with van der Waals surface area (Å²) in [5.41, 5.74) is -1.01. The Hall–Kier alpha value is -1.85. The van der Waals surface area contributed by atoms with E-state index in [1.54, 1.807) is 4.90 Å². The van der Waals surface area contributed by atoms with Crippen molar-refractivity contribution in [3.63, 3.8) is 0 Å². The van der Waals surface area contributed by atoms with E-state index in [-0.39, 0.29) is 5.56 Å². The summed E-state index contributed by atoms with van der Waals surface area (Å²) < 4.78 is 0. The van der Waals surface area contributed by atoms with Gasteiger partial charge in [0.25, 0.3) is 5.56 Å². The van der Waals surface area contributed by atoms with Gasteiger partial charge in [-0.2, -0.15) is 0 Å². The Balaban J connectivity index is 2.24. The van der Waals surface area contributed by atoms with Gasteiger partial charge in [-0.05, 0) is 12.8 Å². The number of carboxylic acids is 1. The number of rotatable bonds is 4. The second-order valence-electron chi connectivity index (χ2n) is 4.75. The first-order chi connectivity index (χ1) is 8.59. The topological polar surface area (TPSA) is 86.3 Å². The van der Waals surface area contributed by atoms with Crippen LogP contribution in [0.5, 0.6) is 0 Å². The van der Waals surface area contributed by atoms with Gasteiger partial charge in [0.2, 0.25) is 0 Å². The van der Waals surface area contributed by atoms with Gasteiger partial charge in [-0.15, -0.1) is 0 Å². The molecule has 0 aliphatic carbocycles. The minimum Gasteiger partial charge on any atom is -0.481 e. The molecule has 1 fully saturated rings. The molecule has 1 saturated heterocycles. The minimum atomic E-state index is -0.779. The first kappa shape index (κ1) is 12.6. The summed E-state index contributed by atoms with van der Waals surface area (Å²) in [4.78, 5) is 31.4. The fourth-order valence-corrected chi connectivity index (χ4v) is 2.59. The molecule has 1 aromatic heterocycles. The number of aliphatic carboxylic acids is 1. The summed E-state index contributed by atoms with van der Waals surface area (Å²) in [6.45, 7) is 2.89. The molecule has 0 aromatic carbocycles. The zero-order valence-electron chi connectivity index (χ0n) is 10.3. The molecule has 1 unspecified atom stereocenters. The van der Waals surface area contributed by atoms with Crippen LogP contribution in [0.3, 0.4) is 0 Å². The van der Waals surface area contributed by atoms with E-state index in [1.165, 1.54) is 12.4 Å². The molecule has 0 amide bonds. The quantitative estimate of drug-likeness (QED) is 0.828. The molecule has 0 bridgehead atoms. The van der Waals surface area contributed by atoms with Crippen molar-refractivity contribution in [2.75, 3.05) is 18.0 Å². The molecular formula is C12H17N3O3. The zero-order chi connectivity index (χ0) is 13.2. The predicted molar refractivity (Wildman–Crippen MR) is 66.7 cm³/mol. The van der Waals surface area contributed by atoms with Gasteiger partial charge in [0, 0.05) is 25.5 Å². The Morgan fingerprint density at radius 3 is 3.06 bits per heavy atom. The van der Waals surface area contributed by atoms with Gasteiger partial charge < -0.3 is 15.0 Å². The lowest BCUT2D eigenvalue weighted by molar-refractivity contribution is -0.148. The monoisotopic (exact) mass is 251 g/mol. The lowest BCUT2D eigenvalue weighted by Gasteiger charge is -2.24. The first-order valence-corrected chi connectivity index (χ1v) is 6.11. The Labute approximate surface area is 105 Å². The molecule has 18 heavy (non-hydrogen) atoms. The number of nitrogens with zero attached hydrogens (tertiary/aromatic N) is 2. The highest BCUT2D eigenvalue weighted by Crippen LogP contribution is 2.36. The predicted octanol–water partition coefficient (Wildman–Crippen LogP) is 0.851. The maximum atomic E-state index is 11.6. The summed E-state index contributed by atoms with van der Waals surface area (Å²) in [5, 5.41) is 9.40. The van der Waals surface area contributed by atoms with E-state index in [2.05, 4.69) is 9.97 Å². The van der Waals surface area contributed by atoms with Crippen LogP contribution in [0.1, 0.15) is 26.2 Å². The van der Waals surface area contributed by atoms with Gasteiger partial charge in [0.05, 0.1) is 5.41 Å². The van der Waals surface area contributed by atoms with Crippen LogP contribution in [0.15, 0.2) is 17.2 Å². The van der Waals surface area contributed by atoms with Crippen molar-refractivity contribution >= 4 is 11.8 Å². The largest absolute Gasteiger partial charge is 0.481 e. The first-order valence-electron chi connectivity index (χ1n) is 6.11. The summed E-state index contributed by atoms with van der Waals surface area (Å²) in [7, 11) is 0. The average Bonchev–Trinajstić information content (AvgIpc) is 2.76. The van der Waals surface area contributed by atoms with E-state index in [1.807, 2.05) is 6.92 Å². The Morgan fingerprint density at radius 1 is 1.67 bits per heavy atom. The van der Waals surface area contributed by atoms with Crippen molar-refractivity contribution in [1.82, 2.24) is 9.97 Å². The Morgan fingerprint density at radius 2 is 2.44 bits per heavy atom. The highest BCUT2D eigenvalue weighted by molar-refractivity contribution is 5.76. The van der Waals surface area contributed by atoms with E-state index in [9.17, 15) is 14.7 Å². The SMILES string of the molecule is CCCC1(C(=O)O)CCN(c2ncc[nH]c2=O)C1. The third-order valence-corrected chi connectivity index (χ3v) is 3.52. The normalized spacial score (nSPS) is 23.3. The van der Waals surface area contributed by atoms with Crippen molar-refractivity contribution < 1.29 is 9.90 Å². The van der Waals surface area contributed by atoms with Crippen LogP contribution >= 0.6 is 0 Å². The van der Waals surface area contributed by atoms with E-state index >= 15 is 0 Å². The maximum absolute atomic E-state index is 11.6. The van der Waals surface area contributed by atoms with Crippen LogP contribution in [0, 0.1) is 5.41 Å². The molecule has 1 aromatic rings. The third kappa shape index (κ3) is 2.10. The van der Waals surface area contributed by atoms with Gasteiger partial charge in [-0.25, -0.2) is 4.98 Å². The summed E-state index contributed by atoms with van der Waals surface area (Å²) >= 11 is 0. The third-order valence-electron chi connectivity index (χ3n) is 3.52. The number of aromatic nitrogens is 2. The summed E-state index contributed by atoms with van der Waals surface area (Å²) in [5.74, 6) is -0.462. The molecule has 1 aliphatic rings. The fraction of sp³-hybridized carbons (Fsp3) is 0.583. The smallest absolute Gasteiger partial charge is 0.311 e. The van der Waals surface area contributed by atoms with Crippen LogP contribution in [0.4, 0.5) is 5.82 Å². The van der Waals surface area contributed by atoms with Gasteiger partial charge in [-0.3, -0.25) is 9.59 Å². The highest BCUT2D eigenvalue weighted by Gasteiger charge is 2.44. The van der Waals surface area contributed by atoms with E-state index < -0.39 is 11.4 Å². The van der Waals surface area contributed by atoms with E-state index in [4.69, 9.17) is 0 Å². The fourth-order valence-electron chi connectivity index (χ4n) is 2.59. The standard InChI is InChI=1S/C12H17N3O3/c1-2-3-12(11(17)18)4-7-15(8-12)9-10(16)14-6-5-13-9/h5-6H,2-4,7-8H2,1H3,(H,14,16)(H,17,18).